The molecule has 0 fully saturated rings. The lowest BCUT2D eigenvalue weighted by atomic mass is 10.1. The Morgan fingerprint density at radius 3 is 2.07 bits per heavy atom. The summed E-state index contributed by atoms with van der Waals surface area (Å²) in [5, 5.41) is 2.98. The van der Waals surface area contributed by atoms with Crippen LogP contribution in [0.25, 0.3) is 0 Å². The average molecular weight is 379 g/mol. The van der Waals surface area contributed by atoms with E-state index in [4.69, 9.17) is 0 Å². The number of nitrogens with zero attached hydrogens (tertiary/aromatic N) is 3. The van der Waals surface area contributed by atoms with E-state index in [1.54, 1.807) is 4.90 Å². The predicted molar refractivity (Wildman–Crippen MR) is 110 cm³/mol. The molecular weight excluding hydrogens is 340 g/mol. The van der Waals surface area contributed by atoms with Crippen molar-refractivity contribution >= 4 is 11.9 Å². The van der Waals surface area contributed by atoms with Crippen molar-refractivity contribution in [3.63, 3.8) is 0 Å². The SMILES string of the molecule is CC(C)CN(Cc1cccn1C)C(=O)CN(CC(C)C)C(=O)NC(C)(C)C. The fourth-order valence-corrected chi connectivity index (χ4v) is 2.87. The van der Waals surface area contributed by atoms with Gasteiger partial charge in [0.2, 0.25) is 5.91 Å². The Hall–Kier alpha value is -1.98. The first-order valence-corrected chi connectivity index (χ1v) is 9.84. The van der Waals surface area contributed by atoms with Crippen LogP contribution in [0.5, 0.6) is 0 Å². The Morgan fingerprint density at radius 2 is 1.63 bits per heavy atom. The van der Waals surface area contributed by atoms with Crippen LogP contribution in [-0.4, -0.2) is 51.5 Å². The number of hydrogen-bond acceptors (Lipinski definition) is 2. The lowest BCUT2D eigenvalue weighted by Crippen LogP contribution is -2.52. The molecule has 0 atom stereocenters. The molecule has 3 amide bonds. The standard InChI is InChI=1S/C21H38N4O2/c1-16(2)12-24(14-18-10-9-11-23(18)8)19(26)15-25(13-17(3)4)20(27)22-21(5,6)7/h9-11,16-17H,12-15H2,1-8H3,(H,22,27). The van der Waals surface area contributed by atoms with Crippen LogP contribution in [-0.2, 0) is 18.4 Å². The molecule has 1 aromatic rings. The van der Waals surface area contributed by atoms with Gasteiger partial charge in [-0.05, 0) is 44.7 Å². The van der Waals surface area contributed by atoms with Gasteiger partial charge in [0.15, 0.2) is 0 Å². The van der Waals surface area contributed by atoms with E-state index in [-0.39, 0.29) is 29.9 Å². The molecule has 1 rings (SSSR count). The molecule has 0 bridgehead atoms. The van der Waals surface area contributed by atoms with E-state index in [1.165, 1.54) is 0 Å². The number of carbonyl (C=O) groups excluding carboxylic acids is 2. The minimum atomic E-state index is -0.337. The van der Waals surface area contributed by atoms with Gasteiger partial charge in [0.25, 0.3) is 0 Å². The lowest BCUT2D eigenvalue weighted by molar-refractivity contribution is -0.133. The summed E-state index contributed by atoms with van der Waals surface area (Å²) in [5.41, 5.74) is 0.745. The monoisotopic (exact) mass is 378 g/mol. The van der Waals surface area contributed by atoms with Crippen LogP contribution in [0.3, 0.4) is 0 Å². The molecule has 6 nitrogen and oxygen atoms in total. The first-order chi connectivity index (χ1) is 12.4. The third kappa shape index (κ3) is 8.50. The molecule has 1 aromatic heterocycles. The van der Waals surface area contributed by atoms with Crippen LogP contribution >= 0.6 is 0 Å². The van der Waals surface area contributed by atoms with Crippen molar-refractivity contribution in [1.29, 1.82) is 0 Å². The van der Waals surface area contributed by atoms with E-state index in [1.807, 2.05) is 55.6 Å². The Kier molecular flexibility index (Phi) is 8.38. The average Bonchev–Trinajstić information content (AvgIpc) is 2.88. The fraction of sp³-hybridized carbons (Fsp3) is 0.714. The van der Waals surface area contributed by atoms with Gasteiger partial charge >= 0.3 is 6.03 Å². The smallest absolute Gasteiger partial charge is 0.318 e. The largest absolute Gasteiger partial charge is 0.353 e. The number of urea groups is 1. The molecule has 1 N–H and O–H groups in total. The van der Waals surface area contributed by atoms with Crippen molar-refractivity contribution in [2.24, 2.45) is 18.9 Å². The molecule has 0 radical (unpaired) electrons. The number of carbonyl (C=O) groups is 2. The van der Waals surface area contributed by atoms with Gasteiger partial charge in [-0.1, -0.05) is 27.7 Å². The maximum absolute atomic E-state index is 13.1. The number of hydrogen-bond donors (Lipinski definition) is 1. The van der Waals surface area contributed by atoms with E-state index < -0.39 is 0 Å². The second kappa shape index (κ2) is 9.81. The molecule has 0 saturated heterocycles. The van der Waals surface area contributed by atoms with E-state index in [0.29, 0.717) is 25.6 Å². The number of aryl methyl sites for hydroxylation is 1. The van der Waals surface area contributed by atoms with Gasteiger partial charge in [0.05, 0.1) is 6.54 Å². The highest BCUT2D eigenvalue weighted by molar-refractivity contribution is 5.84. The molecule has 0 saturated carbocycles. The third-order valence-electron chi connectivity index (χ3n) is 4.02. The summed E-state index contributed by atoms with van der Waals surface area (Å²) in [6.45, 7) is 16.0. The molecule has 0 aliphatic heterocycles. The Balaban J connectivity index is 2.92. The predicted octanol–water partition coefficient (Wildman–Crippen LogP) is 3.48. The molecule has 0 spiro atoms. The van der Waals surface area contributed by atoms with E-state index in [9.17, 15) is 9.59 Å². The lowest BCUT2D eigenvalue weighted by Gasteiger charge is -2.32. The highest BCUT2D eigenvalue weighted by atomic mass is 16.2. The quantitative estimate of drug-likeness (QED) is 0.753. The van der Waals surface area contributed by atoms with E-state index >= 15 is 0 Å². The molecule has 0 aliphatic rings. The Bertz CT molecular complexity index is 614. The second-order valence-corrected chi connectivity index (χ2v) is 9.23. The normalized spacial score (nSPS) is 11.8. The van der Waals surface area contributed by atoms with Gasteiger partial charge in [0, 0.05) is 37.6 Å². The minimum Gasteiger partial charge on any atom is -0.353 e. The first-order valence-electron chi connectivity index (χ1n) is 9.84. The highest BCUT2D eigenvalue weighted by Gasteiger charge is 2.25. The van der Waals surface area contributed by atoms with E-state index in [2.05, 4.69) is 33.0 Å². The highest BCUT2D eigenvalue weighted by Crippen LogP contribution is 2.11. The summed E-state index contributed by atoms with van der Waals surface area (Å²) in [6, 6.07) is 3.82. The zero-order chi connectivity index (χ0) is 20.8. The van der Waals surface area contributed by atoms with Gasteiger partial charge in [-0.3, -0.25) is 4.79 Å². The zero-order valence-corrected chi connectivity index (χ0v) is 18.4. The summed E-state index contributed by atoms with van der Waals surface area (Å²) in [5.74, 6) is 0.626. The number of amides is 3. The van der Waals surface area contributed by atoms with Crippen LogP contribution in [0.2, 0.25) is 0 Å². The van der Waals surface area contributed by atoms with Crippen molar-refractivity contribution in [3.8, 4) is 0 Å². The van der Waals surface area contributed by atoms with Gasteiger partial charge in [0.1, 0.15) is 6.54 Å². The molecule has 1 heterocycles. The van der Waals surface area contributed by atoms with E-state index in [0.717, 1.165) is 5.69 Å². The van der Waals surface area contributed by atoms with Crippen molar-refractivity contribution in [3.05, 3.63) is 24.0 Å². The summed E-state index contributed by atoms with van der Waals surface area (Å²) < 4.78 is 2.03. The van der Waals surface area contributed by atoms with Crippen LogP contribution in [0.1, 0.15) is 54.2 Å². The maximum Gasteiger partial charge on any atom is 0.318 e. The third-order valence-corrected chi connectivity index (χ3v) is 4.02. The molecule has 0 unspecified atom stereocenters. The van der Waals surface area contributed by atoms with Gasteiger partial charge in [-0.15, -0.1) is 0 Å². The second-order valence-electron chi connectivity index (χ2n) is 9.23. The van der Waals surface area contributed by atoms with Crippen LogP contribution in [0.15, 0.2) is 18.3 Å². The summed E-state index contributed by atoms with van der Waals surface area (Å²) in [7, 11) is 1.98. The Labute approximate surface area is 164 Å². The molecule has 27 heavy (non-hydrogen) atoms. The van der Waals surface area contributed by atoms with Crippen molar-refractivity contribution < 1.29 is 9.59 Å². The number of aromatic nitrogens is 1. The Morgan fingerprint density at radius 1 is 1.07 bits per heavy atom. The van der Waals surface area contributed by atoms with Crippen LogP contribution < -0.4 is 5.32 Å². The molecular formula is C21H38N4O2. The van der Waals surface area contributed by atoms with Crippen molar-refractivity contribution in [1.82, 2.24) is 19.7 Å². The van der Waals surface area contributed by atoms with Gasteiger partial charge < -0.3 is 19.7 Å². The summed E-state index contributed by atoms with van der Waals surface area (Å²) in [4.78, 5) is 29.3. The van der Waals surface area contributed by atoms with Crippen molar-refractivity contribution in [2.45, 2.75) is 60.5 Å². The fourth-order valence-electron chi connectivity index (χ4n) is 2.87. The van der Waals surface area contributed by atoms with Gasteiger partial charge in [-0.25, -0.2) is 4.79 Å². The van der Waals surface area contributed by atoms with Crippen LogP contribution in [0.4, 0.5) is 4.79 Å². The van der Waals surface area contributed by atoms with Gasteiger partial charge in [-0.2, -0.15) is 0 Å². The van der Waals surface area contributed by atoms with Crippen LogP contribution in [0, 0.1) is 11.8 Å². The zero-order valence-electron chi connectivity index (χ0n) is 18.4. The topological polar surface area (TPSA) is 57.6 Å². The minimum absolute atomic E-state index is 0.0189. The molecule has 6 heteroatoms. The van der Waals surface area contributed by atoms with Crippen molar-refractivity contribution in [2.75, 3.05) is 19.6 Å². The first kappa shape index (κ1) is 23.1. The maximum atomic E-state index is 13.1. The molecule has 0 aromatic carbocycles. The number of nitrogens with one attached hydrogen (secondary N) is 1. The molecule has 0 aliphatic carbocycles. The summed E-state index contributed by atoms with van der Waals surface area (Å²) in [6.07, 6.45) is 1.98. The summed E-state index contributed by atoms with van der Waals surface area (Å²) >= 11 is 0. The molecule has 154 valence electrons. The number of rotatable bonds is 8.